The first-order valence-electron chi connectivity index (χ1n) is 6.55. The third-order valence-electron chi connectivity index (χ3n) is 2.83. The van der Waals surface area contributed by atoms with Crippen LogP contribution >= 0.6 is 11.6 Å². The smallest absolute Gasteiger partial charge is 0.228 e. The van der Waals surface area contributed by atoms with Gasteiger partial charge in [-0.25, -0.2) is 4.39 Å². The maximum absolute atomic E-state index is 13.6. The summed E-state index contributed by atoms with van der Waals surface area (Å²) in [7, 11) is 0. The molecule has 0 spiro atoms. The third kappa shape index (κ3) is 4.56. The zero-order valence-electron chi connectivity index (χ0n) is 11.8. The van der Waals surface area contributed by atoms with Gasteiger partial charge >= 0.3 is 0 Å². The van der Waals surface area contributed by atoms with Gasteiger partial charge in [0.2, 0.25) is 11.8 Å². The fraction of sp³-hybridized carbons (Fsp3) is 0.125. The van der Waals surface area contributed by atoms with Crippen LogP contribution in [-0.4, -0.2) is 11.8 Å². The molecule has 0 saturated heterocycles. The van der Waals surface area contributed by atoms with E-state index in [1.807, 2.05) is 0 Å². The van der Waals surface area contributed by atoms with Crippen LogP contribution in [0, 0.1) is 5.82 Å². The van der Waals surface area contributed by atoms with Crippen molar-refractivity contribution >= 4 is 34.8 Å². The van der Waals surface area contributed by atoms with Gasteiger partial charge in [-0.15, -0.1) is 0 Å². The molecule has 2 aromatic carbocycles. The SMILES string of the molecule is CC(=O)Nc1cccc(NC(=O)Cc2ccc(Cl)cc2F)c1. The predicted molar refractivity (Wildman–Crippen MR) is 84.5 cm³/mol. The highest BCUT2D eigenvalue weighted by Gasteiger charge is 2.09. The summed E-state index contributed by atoms with van der Waals surface area (Å²) in [4.78, 5) is 23.0. The first-order chi connectivity index (χ1) is 10.4. The van der Waals surface area contributed by atoms with Crippen molar-refractivity contribution in [1.82, 2.24) is 0 Å². The molecular formula is C16H14ClFN2O2. The molecule has 114 valence electrons. The average molecular weight is 321 g/mol. The fourth-order valence-corrected chi connectivity index (χ4v) is 2.08. The predicted octanol–water partition coefficient (Wildman–Crippen LogP) is 3.62. The second-order valence-electron chi connectivity index (χ2n) is 4.72. The molecule has 0 unspecified atom stereocenters. The van der Waals surface area contributed by atoms with Gasteiger partial charge in [-0.2, -0.15) is 0 Å². The molecule has 22 heavy (non-hydrogen) atoms. The van der Waals surface area contributed by atoms with E-state index in [0.29, 0.717) is 11.4 Å². The van der Waals surface area contributed by atoms with E-state index in [1.165, 1.54) is 25.1 Å². The largest absolute Gasteiger partial charge is 0.326 e. The Balaban J connectivity index is 2.04. The van der Waals surface area contributed by atoms with Gasteiger partial charge in [-0.3, -0.25) is 9.59 Å². The molecule has 6 heteroatoms. The highest BCUT2D eigenvalue weighted by molar-refractivity contribution is 6.30. The third-order valence-corrected chi connectivity index (χ3v) is 3.07. The number of carbonyl (C=O) groups excluding carboxylic acids is 2. The Morgan fingerprint density at radius 1 is 1.09 bits per heavy atom. The summed E-state index contributed by atoms with van der Waals surface area (Å²) in [6, 6.07) is 10.9. The lowest BCUT2D eigenvalue weighted by Gasteiger charge is -2.08. The van der Waals surface area contributed by atoms with Crippen LogP contribution in [0.4, 0.5) is 15.8 Å². The van der Waals surface area contributed by atoms with Crippen LogP contribution in [-0.2, 0) is 16.0 Å². The van der Waals surface area contributed by atoms with Gasteiger partial charge in [0, 0.05) is 23.3 Å². The van der Waals surface area contributed by atoms with Crippen molar-refractivity contribution in [2.45, 2.75) is 13.3 Å². The molecular weight excluding hydrogens is 307 g/mol. The van der Waals surface area contributed by atoms with Crippen molar-refractivity contribution < 1.29 is 14.0 Å². The van der Waals surface area contributed by atoms with E-state index < -0.39 is 5.82 Å². The van der Waals surface area contributed by atoms with E-state index in [1.54, 1.807) is 24.3 Å². The number of rotatable bonds is 4. The molecule has 0 heterocycles. The molecule has 0 fully saturated rings. The fourth-order valence-electron chi connectivity index (χ4n) is 1.92. The summed E-state index contributed by atoms with van der Waals surface area (Å²) in [5.41, 5.74) is 1.36. The Morgan fingerprint density at radius 3 is 2.41 bits per heavy atom. The minimum Gasteiger partial charge on any atom is -0.326 e. The zero-order valence-corrected chi connectivity index (χ0v) is 12.6. The summed E-state index contributed by atoms with van der Waals surface area (Å²) in [6.07, 6.45) is -0.104. The molecule has 0 saturated carbocycles. The van der Waals surface area contributed by atoms with Gasteiger partial charge in [0.15, 0.2) is 0 Å². The van der Waals surface area contributed by atoms with Crippen LogP contribution in [0.1, 0.15) is 12.5 Å². The number of amides is 2. The van der Waals surface area contributed by atoms with Crippen LogP contribution in [0.5, 0.6) is 0 Å². The van der Waals surface area contributed by atoms with Gasteiger partial charge in [-0.05, 0) is 35.9 Å². The number of anilines is 2. The molecule has 2 amide bonds. The standard InChI is InChI=1S/C16H14ClFN2O2/c1-10(21)19-13-3-2-4-14(9-13)20-16(22)7-11-5-6-12(17)8-15(11)18/h2-6,8-9H,7H2,1H3,(H,19,21)(H,20,22). The van der Waals surface area contributed by atoms with E-state index in [2.05, 4.69) is 10.6 Å². The molecule has 2 rings (SSSR count). The minimum absolute atomic E-state index is 0.104. The number of hydrogen-bond acceptors (Lipinski definition) is 2. The van der Waals surface area contributed by atoms with Crippen LogP contribution in [0.25, 0.3) is 0 Å². The molecule has 4 nitrogen and oxygen atoms in total. The summed E-state index contributed by atoms with van der Waals surface area (Å²) in [5, 5.41) is 5.56. The van der Waals surface area contributed by atoms with Crippen molar-refractivity contribution in [2.24, 2.45) is 0 Å². The zero-order chi connectivity index (χ0) is 16.1. The number of benzene rings is 2. The van der Waals surface area contributed by atoms with Crippen molar-refractivity contribution in [1.29, 1.82) is 0 Å². The highest BCUT2D eigenvalue weighted by Crippen LogP contribution is 2.17. The summed E-state index contributed by atoms with van der Waals surface area (Å²) in [6.45, 7) is 1.40. The first kappa shape index (κ1) is 16.0. The lowest BCUT2D eigenvalue weighted by molar-refractivity contribution is -0.116. The molecule has 0 bridgehead atoms. The monoisotopic (exact) mass is 320 g/mol. The molecule has 0 atom stereocenters. The van der Waals surface area contributed by atoms with Gasteiger partial charge < -0.3 is 10.6 Å². The van der Waals surface area contributed by atoms with Gasteiger partial charge in [0.05, 0.1) is 6.42 Å². The Hall–Kier alpha value is -2.40. The number of hydrogen-bond donors (Lipinski definition) is 2. The Kier molecular flexibility index (Phi) is 5.12. The van der Waals surface area contributed by atoms with E-state index in [-0.39, 0.29) is 28.8 Å². The lowest BCUT2D eigenvalue weighted by Crippen LogP contribution is -2.15. The quantitative estimate of drug-likeness (QED) is 0.904. The Labute approximate surface area is 132 Å². The Bertz CT molecular complexity index is 719. The molecule has 0 aromatic heterocycles. The van der Waals surface area contributed by atoms with Gasteiger partial charge in [0.1, 0.15) is 5.82 Å². The first-order valence-corrected chi connectivity index (χ1v) is 6.93. The van der Waals surface area contributed by atoms with Crippen LogP contribution < -0.4 is 10.6 Å². The normalized spacial score (nSPS) is 10.1. The second kappa shape index (κ2) is 7.04. The lowest BCUT2D eigenvalue weighted by atomic mass is 10.1. The highest BCUT2D eigenvalue weighted by atomic mass is 35.5. The van der Waals surface area contributed by atoms with Crippen LogP contribution in [0.15, 0.2) is 42.5 Å². The van der Waals surface area contributed by atoms with Crippen LogP contribution in [0.2, 0.25) is 5.02 Å². The number of halogens is 2. The summed E-state index contributed by atoms with van der Waals surface area (Å²) < 4.78 is 13.6. The van der Waals surface area contributed by atoms with E-state index in [0.717, 1.165) is 0 Å². The summed E-state index contributed by atoms with van der Waals surface area (Å²) >= 11 is 5.67. The molecule has 0 aliphatic rings. The van der Waals surface area contributed by atoms with E-state index >= 15 is 0 Å². The maximum atomic E-state index is 13.6. The number of carbonyl (C=O) groups is 2. The molecule has 0 aliphatic carbocycles. The minimum atomic E-state index is -0.519. The molecule has 2 aromatic rings. The average Bonchev–Trinajstić information content (AvgIpc) is 2.41. The van der Waals surface area contributed by atoms with Crippen molar-refractivity contribution in [2.75, 3.05) is 10.6 Å². The van der Waals surface area contributed by atoms with Crippen molar-refractivity contribution in [3.63, 3.8) is 0 Å². The molecule has 2 N–H and O–H groups in total. The van der Waals surface area contributed by atoms with E-state index in [9.17, 15) is 14.0 Å². The summed E-state index contributed by atoms with van der Waals surface area (Å²) in [5.74, 6) is -1.08. The molecule has 0 radical (unpaired) electrons. The van der Waals surface area contributed by atoms with E-state index in [4.69, 9.17) is 11.6 Å². The van der Waals surface area contributed by atoms with Crippen molar-refractivity contribution in [3.05, 3.63) is 58.9 Å². The van der Waals surface area contributed by atoms with Crippen LogP contribution in [0.3, 0.4) is 0 Å². The maximum Gasteiger partial charge on any atom is 0.228 e. The second-order valence-corrected chi connectivity index (χ2v) is 5.16. The van der Waals surface area contributed by atoms with Gasteiger partial charge in [0.25, 0.3) is 0 Å². The van der Waals surface area contributed by atoms with Gasteiger partial charge in [-0.1, -0.05) is 23.7 Å². The Morgan fingerprint density at radius 2 is 1.77 bits per heavy atom. The molecule has 0 aliphatic heterocycles. The number of nitrogens with one attached hydrogen (secondary N) is 2. The van der Waals surface area contributed by atoms with Crippen molar-refractivity contribution in [3.8, 4) is 0 Å². The topological polar surface area (TPSA) is 58.2 Å².